The van der Waals surface area contributed by atoms with E-state index in [1.54, 1.807) is 24.3 Å². The maximum Gasteiger partial charge on any atom is 0.119 e. The van der Waals surface area contributed by atoms with Crippen LogP contribution in [0, 0.1) is 0 Å². The Kier molecular flexibility index (Phi) is 3.39. The Morgan fingerprint density at radius 3 is 2.11 bits per heavy atom. The second-order valence-electron chi connectivity index (χ2n) is 4.17. The summed E-state index contributed by atoms with van der Waals surface area (Å²) in [5.41, 5.74) is 1.20. The van der Waals surface area contributed by atoms with Gasteiger partial charge in [0.2, 0.25) is 0 Å². The Balaban J connectivity index is 2.19. The molecule has 1 atom stereocenters. The highest BCUT2D eigenvalue weighted by Gasteiger charge is 2.11. The first-order valence-electron chi connectivity index (χ1n) is 5.53. The highest BCUT2D eigenvalue weighted by atomic mass is 16.3. The minimum Gasteiger partial charge on any atom is -0.508 e. The van der Waals surface area contributed by atoms with Gasteiger partial charge in [-0.05, 0) is 35.4 Å². The fourth-order valence-electron chi connectivity index (χ4n) is 1.83. The third-order valence-electron chi connectivity index (χ3n) is 2.65. The molecule has 4 N–H and O–H groups in total. The van der Waals surface area contributed by atoms with Crippen LogP contribution in [0.4, 0.5) is 0 Å². The Hall–Kier alpha value is -2.20. The van der Waals surface area contributed by atoms with Crippen molar-refractivity contribution in [3.63, 3.8) is 0 Å². The molecule has 0 fully saturated rings. The third-order valence-corrected chi connectivity index (χ3v) is 2.65. The minimum absolute atomic E-state index is 0.0973. The van der Waals surface area contributed by atoms with Crippen LogP contribution in [-0.2, 0) is 6.42 Å². The fourth-order valence-corrected chi connectivity index (χ4v) is 1.83. The maximum atomic E-state index is 10.0. The lowest BCUT2D eigenvalue weighted by Gasteiger charge is -2.12. The van der Waals surface area contributed by atoms with Gasteiger partial charge in [-0.2, -0.15) is 0 Å². The predicted molar refractivity (Wildman–Crippen MR) is 66.5 cm³/mol. The average Bonchev–Trinajstić information content (AvgIpc) is 2.27. The first-order valence-corrected chi connectivity index (χ1v) is 5.53. The Bertz CT molecular complexity index is 531. The molecule has 4 heteroatoms. The molecular weight excluding hydrogens is 232 g/mol. The first-order chi connectivity index (χ1) is 8.54. The molecule has 0 aliphatic rings. The van der Waals surface area contributed by atoms with Gasteiger partial charge in [-0.25, -0.2) is 0 Å². The molecule has 0 spiro atoms. The lowest BCUT2D eigenvalue weighted by atomic mass is 10.0. The van der Waals surface area contributed by atoms with Gasteiger partial charge < -0.3 is 20.4 Å². The van der Waals surface area contributed by atoms with E-state index in [1.807, 2.05) is 0 Å². The Morgan fingerprint density at radius 1 is 0.833 bits per heavy atom. The molecule has 2 aromatic rings. The number of benzene rings is 2. The summed E-state index contributed by atoms with van der Waals surface area (Å²) >= 11 is 0. The van der Waals surface area contributed by atoms with E-state index in [9.17, 15) is 20.4 Å². The van der Waals surface area contributed by atoms with Crippen molar-refractivity contribution in [2.24, 2.45) is 0 Å². The molecule has 0 radical (unpaired) electrons. The van der Waals surface area contributed by atoms with E-state index in [2.05, 4.69) is 0 Å². The van der Waals surface area contributed by atoms with Crippen LogP contribution in [0.3, 0.4) is 0 Å². The number of hydrogen-bond donors (Lipinski definition) is 4. The molecule has 0 saturated heterocycles. The monoisotopic (exact) mass is 246 g/mol. The number of phenols is 3. The van der Waals surface area contributed by atoms with Gasteiger partial charge in [0.1, 0.15) is 17.2 Å². The van der Waals surface area contributed by atoms with E-state index in [0.717, 1.165) is 5.56 Å². The summed E-state index contributed by atoms with van der Waals surface area (Å²) in [4.78, 5) is 0. The highest BCUT2D eigenvalue weighted by molar-refractivity contribution is 5.38. The summed E-state index contributed by atoms with van der Waals surface area (Å²) in [6, 6.07) is 10.6. The molecule has 0 aliphatic heterocycles. The van der Waals surface area contributed by atoms with Crippen LogP contribution < -0.4 is 0 Å². The second-order valence-corrected chi connectivity index (χ2v) is 4.17. The lowest BCUT2D eigenvalue weighted by molar-refractivity contribution is 0.177. The lowest BCUT2D eigenvalue weighted by Crippen LogP contribution is -2.01. The second kappa shape index (κ2) is 4.98. The van der Waals surface area contributed by atoms with Crippen molar-refractivity contribution in [1.29, 1.82) is 0 Å². The summed E-state index contributed by atoms with van der Waals surface area (Å²) in [7, 11) is 0. The molecule has 0 bridgehead atoms. The molecule has 18 heavy (non-hydrogen) atoms. The van der Waals surface area contributed by atoms with E-state index >= 15 is 0 Å². The first kappa shape index (κ1) is 12.3. The van der Waals surface area contributed by atoms with Crippen LogP contribution in [0.2, 0.25) is 0 Å². The number of phenolic OH excluding ortho intramolecular Hbond substituents is 3. The molecule has 0 aromatic heterocycles. The number of aliphatic hydroxyl groups excluding tert-OH is 1. The highest BCUT2D eigenvalue weighted by Crippen LogP contribution is 2.27. The normalized spacial score (nSPS) is 12.3. The molecule has 0 saturated carbocycles. The smallest absolute Gasteiger partial charge is 0.119 e. The SMILES string of the molecule is Oc1cccc(CC(O)c2cc(O)cc(O)c2)c1. The number of rotatable bonds is 3. The van der Waals surface area contributed by atoms with Gasteiger partial charge in [0.05, 0.1) is 6.10 Å². The van der Waals surface area contributed by atoms with Crippen molar-refractivity contribution < 1.29 is 20.4 Å². The Morgan fingerprint density at radius 2 is 1.50 bits per heavy atom. The summed E-state index contributed by atoms with van der Waals surface area (Å²) < 4.78 is 0. The van der Waals surface area contributed by atoms with E-state index in [-0.39, 0.29) is 23.7 Å². The van der Waals surface area contributed by atoms with Crippen LogP contribution >= 0.6 is 0 Å². The molecule has 2 rings (SSSR count). The number of hydrogen-bond acceptors (Lipinski definition) is 4. The largest absolute Gasteiger partial charge is 0.508 e. The van der Waals surface area contributed by atoms with Crippen molar-refractivity contribution in [3.05, 3.63) is 53.6 Å². The quantitative estimate of drug-likeness (QED) is 0.668. The molecule has 4 nitrogen and oxygen atoms in total. The summed E-state index contributed by atoms with van der Waals surface area (Å²) in [5.74, 6) is -0.0571. The van der Waals surface area contributed by atoms with Crippen LogP contribution in [0.5, 0.6) is 17.2 Å². The van der Waals surface area contributed by atoms with Gasteiger partial charge in [0.15, 0.2) is 0 Å². The third kappa shape index (κ3) is 2.93. The van der Waals surface area contributed by atoms with Gasteiger partial charge in [-0.3, -0.25) is 0 Å². The van der Waals surface area contributed by atoms with E-state index in [4.69, 9.17) is 0 Å². The van der Waals surface area contributed by atoms with Crippen molar-refractivity contribution in [1.82, 2.24) is 0 Å². The zero-order valence-electron chi connectivity index (χ0n) is 9.61. The number of aromatic hydroxyl groups is 3. The molecule has 0 amide bonds. The zero-order chi connectivity index (χ0) is 13.1. The standard InChI is InChI=1S/C14H14O4/c15-11-3-1-2-9(4-11)5-14(18)10-6-12(16)8-13(17)7-10/h1-4,6-8,14-18H,5H2. The molecular formula is C14H14O4. The molecule has 94 valence electrons. The zero-order valence-corrected chi connectivity index (χ0v) is 9.61. The summed E-state index contributed by atoms with van der Waals surface area (Å²) in [6.07, 6.45) is -0.568. The Labute approximate surface area is 104 Å². The average molecular weight is 246 g/mol. The van der Waals surface area contributed by atoms with Crippen LogP contribution in [0.1, 0.15) is 17.2 Å². The van der Waals surface area contributed by atoms with E-state index in [0.29, 0.717) is 5.56 Å². The fraction of sp³-hybridized carbons (Fsp3) is 0.143. The van der Waals surface area contributed by atoms with Gasteiger partial charge in [0.25, 0.3) is 0 Å². The van der Waals surface area contributed by atoms with Crippen molar-refractivity contribution >= 4 is 0 Å². The summed E-state index contributed by atoms with van der Waals surface area (Å²) in [5, 5.41) is 38.0. The van der Waals surface area contributed by atoms with E-state index < -0.39 is 6.10 Å². The van der Waals surface area contributed by atoms with Crippen molar-refractivity contribution in [2.75, 3.05) is 0 Å². The molecule has 1 unspecified atom stereocenters. The van der Waals surface area contributed by atoms with Crippen molar-refractivity contribution in [3.8, 4) is 17.2 Å². The molecule has 0 heterocycles. The minimum atomic E-state index is -0.857. The van der Waals surface area contributed by atoms with Crippen molar-refractivity contribution in [2.45, 2.75) is 12.5 Å². The van der Waals surface area contributed by atoms with Gasteiger partial charge in [0, 0.05) is 12.5 Å². The van der Waals surface area contributed by atoms with Gasteiger partial charge >= 0.3 is 0 Å². The number of aliphatic hydroxyl groups is 1. The van der Waals surface area contributed by atoms with Crippen LogP contribution in [-0.4, -0.2) is 20.4 Å². The van der Waals surface area contributed by atoms with Crippen LogP contribution in [0.25, 0.3) is 0 Å². The van der Waals surface area contributed by atoms with Crippen LogP contribution in [0.15, 0.2) is 42.5 Å². The van der Waals surface area contributed by atoms with Gasteiger partial charge in [-0.15, -0.1) is 0 Å². The summed E-state index contributed by atoms with van der Waals surface area (Å²) in [6.45, 7) is 0. The van der Waals surface area contributed by atoms with E-state index in [1.165, 1.54) is 18.2 Å². The molecule has 2 aromatic carbocycles. The van der Waals surface area contributed by atoms with Gasteiger partial charge in [-0.1, -0.05) is 12.1 Å². The maximum absolute atomic E-state index is 10.0. The predicted octanol–water partition coefficient (Wildman–Crippen LogP) is 2.08. The molecule has 0 aliphatic carbocycles. The topological polar surface area (TPSA) is 80.9 Å².